The fourth-order valence-corrected chi connectivity index (χ4v) is 2.53. The van der Waals surface area contributed by atoms with Crippen LogP contribution in [-0.2, 0) is 6.42 Å². The van der Waals surface area contributed by atoms with Crippen LogP contribution < -0.4 is 4.74 Å². The van der Waals surface area contributed by atoms with Gasteiger partial charge in [0.1, 0.15) is 5.75 Å². The van der Waals surface area contributed by atoms with E-state index in [1.165, 1.54) is 12.0 Å². The first-order valence-electron chi connectivity index (χ1n) is 6.59. The Morgan fingerprint density at radius 2 is 1.94 bits per heavy atom. The monoisotopic (exact) mass is 234 g/mol. The summed E-state index contributed by atoms with van der Waals surface area (Å²) in [7, 11) is 0. The Morgan fingerprint density at radius 3 is 2.47 bits per heavy atom. The fourth-order valence-electron chi connectivity index (χ4n) is 2.53. The summed E-state index contributed by atoms with van der Waals surface area (Å²) in [6.07, 6.45) is 4.41. The predicted octanol–water partition coefficient (Wildman–Crippen LogP) is 3.18. The first kappa shape index (κ1) is 12.4. The second-order valence-corrected chi connectivity index (χ2v) is 5.27. The molecule has 17 heavy (non-hydrogen) atoms. The Morgan fingerprint density at radius 1 is 1.24 bits per heavy atom. The third kappa shape index (κ3) is 3.47. The van der Waals surface area contributed by atoms with Gasteiger partial charge in [-0.05, 0) is 56.7 Å². The average Bonchev–Trinajstić information content (AvgIpc) is 2.67. The van der Waals surface area contributed by atoms with Crippen LogP contribution in [0.2, 0.25) is 0 Å². The van der Waals surface area contributed by atoms with Crippen molar-refractivity contribution in [3.05, 3.63) is 29.8 Å². The summed E-state index contributed by atoms with van der Waals surface area (Å²) in [4.78, 5) is 0. The third-order valence-corrected chi connectivity index (χ3v) is 3.41. The SMILES string of the molecule is CC(C)Oc1ccc(CC2CCCC2O)cc1. The highest BCUT2D eigenvalue weighted by atomic mass is 16.5. The zero-order valence-corrected chi connectivity index (χ0v) is 10.7. The average molecular weight is 234 g/mol. The Labute approximate surface area is 104 Å². The highest BCUT2D eigenvalue weighted by molar-refractivity contribution is 5.27. The number of ether oxygens (including phenoxy) is 1. The Balaban J connectivity index is 1.93. The van der Waals surface area contributed by atoms with Crippen molar-refractivity contribution in [3.63, 3.8) is 0 Å². The molecule has 0 bridgehead atoms. The summed E-state index contributed by atoms with van der Waals surface area (Å²) < 4.78 is 5.61. The van der Waals surface area contributed by atoms with Crippen LogP contribution in [0.5, 0.6) is 5.75 Å². The summed E-state index contributed by atoms with van der Waals surface area (Å²) in [6, 6.07) is 8.28. The van der Waals surface area contributed by atoms with E-state index >= 15 is 0 Å². The number of benzene rings is 1. The minimum absolute atomic E-state index is 0.0957. The molecule has 1 N–H and O–H groups in total. The molecule has 2 atom stereocenters. The molecule has 2 heteroatoms. The lowest BCUT2D eigenvalue weighted by molar-refractivity contribution is 0.132. The molecule has 0 aromatic heterocycles. The number of hydrogen-bond acceptors (Lipinski definition) is 2. The molecule has 0 amide bonds. The van der Waals surface area contributed by atoms with Crippen molar-refractivity contribution >= 4 is 0 Å². The topological polar surface area (TPSA) is 29.5 Å². The second kappa shape index (κ2) is 5.54. The van der Waals surface area contributed by atoms with Gasteiger partial charge >= 0.3 is 0 Å². The number of rotatable bonds is 4. The first-order valence-corrected chi connectivity index (χ1v) is 6.59. The van der Waals surface area contributed by atoms with Crippen LogP contribution in [0.3, 0.4) is 0 Å². The summed E-state index contributed by atoms with van der Waals surface area (Å²) in [6.45, 7) is 4.06. The van der Waals surface area contributed by atoms with E-state index in [1.54, 1.807) is 0 Å². The third-order valence-electron chi connectivity index (χ3n) is 3.41. The van der Waals surface area contributed by atoms with E-state index in [4.69, 9.17) is 4.74 Å². The molecule has 2 unspecified atom stereocenters. The molecule has 0 spiro atoms. The van der Waals surface area contributed by atoms with Crippen molar-refractivity contribution in [2.45, 2.75) is 51.7 Å². The molecule has 1 saturated carbocycles. The largest absolute Gasteiger partial charge is 0.491 e. The van der Waals surface area contributed by atoms with Gasteiger partial charge in [-0.2, -0.15) is 0 Å². The van der Waals surface area contributed by atoms with Gasteiger partial charge in [-0.3, -0.25) is 0 Å². The molecule has 1 aliphatic carbocycles. The van der Waals surface area contributed by atoms with Crippen molar-refractivity contribution in [1.82, 2.24) is 0 Å². The number of hydrogen-bond donors (Lipinski definition) is 1. The van der Waals surface area contributed by atoms with Crippen LogP contribution >= 0.6 is 0 Å². The normalized spacial score (nSPS) is 24.2. The maximum absolute atomic E-state index is 9.80. The Hall–Kier alpha value is -1.02. The van der Waals surface area contributed by atoms with E-state index in [0.29, 0.717) is 5.92 Å². The molecule has 0 radical (unpaired) electrons. The predicted molar refractivity (Wildman–Crippen MR) is 69.3 cm³/mol. The van der Waals surface area contributed by atoms with Crippen LogP contribution in [0.1, 0.15) is 38.7 Å². The van der Waals surface area contributed by atoms with Gasteiger partial charge in [0.2, 0.25) is 0 Å². The van der Waals surface area contributed by atoms with Crippen LogP contribution in [0.15, 0.2) is 24.3 Å². The maximum Gasteiger partial charge on any atom is 0.119 e. The van der Waals surface area contributed by atoms with Gasteiger partial charge in [0.25, 0.3) is 0 Å². The van der Waals surface area contributed by atoms with Gasteiger partial charge in [0.15, 0.2) is 0 Å². The van der Waals surface area contributed by atoms with Crippen LogP contribution in [0.25, 0.3) is 0 Å². The first-order chi connectivity index (χ1) is 8.15. The van der Waals surface area contributed by atoms with E-state index in [1.807, 2.05) is 26.0 Å². The molecule has 0 aliphatic heterocycles. The molecule has 0 saturated heterocycles. The lowest BCUT2D eigenvalue weighted by atomic mass is 9.96. The zero-order chi connectivity index (χ0) is 12.3. The summed E-state index contributed by atoms with van der Waals surface area (Å²) in [5.41, 5.74) is 1.30. The van der Waals surface area contributed by atoms with Crippen LogP contribution in [0, 0.1) is 5.92 Å². The van der Waals surface area contributed by atoms with Crippen molar-refractivity contribution in [2.24, 2.45) is 5.92 Å². The second-order valence-electron chi connectivity index (χ2n) is 5.27. The molecule has 1 aromatic rings. The number of aliphatic hydroxyl groups excluding tert-OH is 1. The van der Waals surface area contributed by atoms with Crippen molar-refractivity contribution < 1.29 is 9.84 Å². The molecule has 0 heterocycles. The van der Waals surface area contributed by atoms with Crippen molar-refractivity contribution in [1.29, 1.82) is 0 Å². The standard InChI is InChI=1S/C15H22O2/c1-11(2)17-14-8-6-12(7-9-14)10-13-4-3-5-15(13)16/h6-9,11,13,15-16H,3-5,10H2,1-2H3. The van der Waals surface area contributed by atoms with Crippen molar-refractivity contribution in [2.75, 3.05) is 0 Å². The lowest BCUT2D eigenvalue weighted by Crippen LogP contribution is -2.15. The van der Waals surface area contributed by atoms with Gasteiger partial charge in [0.05, 0.1) is 12.2 Å². The fraction of sp³-hybridized carbons (Fsp3) is 0.600. The van der Waals surface area contributed by atoms with E-state index in [9.17, 15) is 5.11 Å². The van der Waals surface area contributed by atoms with Crippen LogP contribution in [-0.4, -0.2) is 17.3 Å². The highest BCUT2D eigenvalue weighted by Gasteiger charge is 2.24. The molecule has 1 aromatic carbocycles. The summed E-state index contributed by atoms with van der Waals surface area (Å²) in [5, 5.41) is 9.80. The quantitative estimate of drug-likeness (QED) is 0.867. The van der Waals surface area contributed by atoms with Gasteiger partial charge < -0.3 is 9.84 Å². The maximum atomic E-state index is 9.80. The highest BCUT2D eigenvalue weighted by Crippen LogP contribution is 2.29. The van der Waals surface area contributed by atoms with Gasteiger partial charge in [-0.15, -0.1) is 0 Å². The van der Waals surface area contributed by atoms with E-state index < -0.39 is 0 Å². The van der Waals surface area contributed by atoms with Crippen LogP contribution in [0.4, 0.5) is 0 Å². The smallest absolute Gasteiger partial charge is 0.119 e. The molecule has 1 fully saturated rings. The Bertz CT molecular complexity index is 342. The van der Waals surface area contributed by atoms with E-state index in [0.717, 1.165) is 25.0 Å². The van der Waals surface area contributed by atoms with E-state index in [2.05, 4.69) is 12.1 Å². The van der Waals surface area contributed by atoms with Gasteiger partial charge in [-0.1, -0.05) is 18.6 Å². The van der Waals surface area contributed by atoms with E-state index in [-0.39, 0.29) is 12.2 Å². The molecular formula is C15H22O2. The lowest BCUT2D eigenvalue weighted by Gasteiger charge is -2.15. The molecule has 2 nitrogen and oxygen atoms in total. The minimum Gasteiger partial charge on any atom is -0.491 e. The molecule has 94 valence electrons. The molecule has 2 rings (SSSR count). The Kier molecular flexibility index (Phi) is 4.06. The van der Waals surface area contributed by atoms with Crippen molar-refractivity contribution in [3.8, 4) is 5.75 Å². The number of aliphatic hydroxyl groups is 1. The summed E-state index contributed by atoms with van der Waals surface area (Å²) in [5.74, 6) is 1.38. The van der Waals surface area contributed by atoms with Gasteiger partial charge in [0, 0.05) is 0 Å². The zero-order valence-electron chi connectivity index (χ0n) is 10.7. The van der Waals surface area contributed by atoms with Gasteiger partial charge in [-0.25, -0.2) is 0 Å². The summed E-state index contributed by atoms with van der Waals surface area (Å²) >= 11 is 0. The molecular weight excluding hydrogens is 212 g/mol. The minimum atomic E-state index is -0.0957. The molecule has 1 aliphatic rings.